The Bertz CT molecular complexity index is 647. The van der Waals surface area contributed by atoms with E-state index in [0.29, 0.717) is 13.0 Å². The number of sulfonamides is 1. The fourth-order valence-electron chi connectivity index (χ4n) is 2.82. The fourth-order valence-corrected chi connectivity index (χ4v) is 3.72. The lowest BCUT2D eigenvalue weighted by molar-refractivity contribution is -0.122. The summed E-state index contributed by atoms with van der Waals surface area (Å²) in [4.78, 5) is 12.2. The molecule has 2 atom stereocenters. The van der Waals surface area contributed by atoms with E-state index in [-0.39, 0.29) is 35.2 Å². The van der Waals surface area contributed by atoms with Gasteiger partial charge in [0.1, 0.15) is 0 Å². The van der Waals surface area contributed by atoms with Crippen LogP contribution in [-0.2, 0) is 21.4 Å². The van der Waals surface area contributed by atoms with Gasteiger partial charge in [-0.25, -0.2) is 12.7 Å². The molecule has 1 aromatic rings. The van der Waals surface area contributed by atoms with Gasteiger partial charge in [0.15, 0.2) is 0 Å². The Kier molecular flexibility index (Phi) is 7.66. The molecule has 1 amide bonds. The molecule has 0 aliphatic heterocycles. The normalized spacial score (nSPS) is 20.7. The molecule has 136 valence electrons. The molecule has 0 saturated heterocycles. The second-order valence-electron chi connectivity index (χ2n) is 6.27. The first kappa shape index (κ1) is 20.9. The van der Waals surface area contributed by atoms with Crippen molar-refractivity contribution in [1.29, 1.82) is 0 Å². The number of nitrogens with two attached hydrogens (primary N) is 1. The van der Waals surface area contributed by atoms with Crippen LogP contribution in [0.25, 0.3) is 0 Å². The zero-order chi connectivity index (χ0) is 17.0. The maximum atomic E-state index is 12.0. The van der Waals surface area contributed by atoms with E-state index in [1.165, 1.54) is 18.4 Å². The van der Waals surface area contributed by atoms with Crippen LogP contribution in [0.2, 0.25) is 0 Å². The number of nitrogens with one attached hydrogen (secondary N) is 1. The van der Waals surface area contributed by atoms with Gasteiger partial charge in [0.25, 0.3) is 0 Å². The van der Waals surface area contributed by atoms with Crippen LogP contribution in [0.3, 0.4) is 0 Å². The van der Waals surface area contributed by atoms with Gasteiger partial charge in [-0.1, -0.05) is 18.6 Å². The third-order valence-corrected chi connectivity index (χ3v) is 6.19. The van der Waals surface area contributed by atoms with Crippen molar-refractivity contribution in [2.75, 3.05) is 14.1 Å². The number of halogens is 1. The van der Waals surface area contributed by atoms with Gasteiger partial charge in [0.05, 0.1) is 4.90 Å². The summed E-state index contributed by atoms with van der Waals surface area (Å²) in [6, 6.07) is 6.69. The first-order valence-electron chi connectivity index (χ1n) is 7.84. The lowest BCUT2D eigenvalue weighted by atomic mass is 10.00. The summed E-state index contributed by atoms with van der Waals surface area (Å²) in [5.74, 6) is 0.278. The minimum absolute atomic E-state index is 0. The van der Waals surface area contributed by atoms with Crippen LogP contribution in [0.15, 0.2) is 29.2 Å². The zero-order valence-electron chi connectivity index (χ0n) is 14.1. The average Bonchev–Trinajstić information content (AvgIpc) is 2.90. The molecule has 0 radical (unpaired) electrons. The van der Waals surface area contributed by atoms with Crippen LogP contribution in [0.1, 0.15) is 31.2 Å². The summed E-state index contributed by atoms with van der Waals surface area (Å²) in [5.41, 5.74) is 6.84. The van der Waals surface area contributed by atoms with Crippen LogP contribution in [0.5, 0.6) is 0 Å². The third-order valence-electron chi connectivity index (χ3n) is 4.36. The summed E-state index contributed by atoms with van der Waals surface area (Å²) in [7, 11) is -0.420. The van der Waals surface area contributed by atoms with Crippen molar-refractivity contribution >= 4 is 28.3 Å². The highest BCUT2D eigenvalue weighted by molar-refractivity contribution is 7.89. The van der Waals surface area contributed by atoms with Crippen molar-refractivity contribution in [3.63, 3.8) is 0 Å². The molecule has 0 aromatic heterocycles. The molecule has 6 nitrogen and oxygen atoms in total. The quantitative estimate of drug-likeness (QED) is 0.787. The van der Waals surface area contributed by atoms with E-state index in [1.807, 2.05) is 0 Å². The van der Waals surface area contributed by atoms with Crippen molar-refractivity contribution in [1.82, 2.24) is 9.62 Å². The number of hydrogen-bond acceptors (Lipinski definition) is 4. The molecular formula is C16H26ClN3O3S. The van der Waals surface area contributed by atoms with E-state index < -0.39 is 10.0 Å². The maximum Gasteiger partial charge on any atom is 0.242 e. The number of amides is 1. The Morgan fingerprint density at radius 1 is 1.25 bits per heavy atom. The molecule has 0 unspecified atom stereocenters. The number of carbonyl (C=O) groups is 1. The summed E-state index contributed by atoms with van der Waals surface area (Å²) in [6.07, 6.45) is 3.58. The molecule has 1 saturated carbocycles. The molecule has 1 aromatic carbocycles. The van der Waals surface area contributed by atoms with Crippen LogP contribution in [0, 0.1) is 5.92 Å². The molecule has 0 bridgehead atoms. The lowest BCUT2D eigenvalue weighted by Crippen LogP contribution is -2.31. The Morgan fingerprint density at radius 3 is 2.38 bits per heavy atom. The van der Waals surface area contributed by atoms with Gasteiger partial charge in [0, 0.05) is 33.1 Å². The predicted molar refractivity (Wildman–Crippen MR) is 96.3 cm³/mol. The molecular weight excluding hydrogens is 350 g/mol. The summed E-state index contributed by atoms with van der Waals surface area (Å²) < 4.78 is 25.1. The Balaban J connectivity index is 0.00000288. The highest BCUT2D eigenvalue weighted by Gasteiger charge is 2.25. The Hall–Kier alpha value is -1.15. The largest absolute Gasteiger partial charge is 0.352 e. The fraction of sp³-hybridized carbons (Fsp3) is 0.562. The van der Waals surface area contributed by atoms with Crippen molar-refractivity contribution in [3.8, 4) is 0 Å². The molecule has 0 heterocycles. The smallest absolute Gasteiger partial charge is 0.242 e. The highest BCUT2D eigenvalue weighted by atomic mass is 35.5. The Labute approximate surface area is 150 Å². The summed E-state index contributed by atoms with van der Waals surface area (Å²) in [5, 5.41) is 2.87. The van der Waals surface area contributed by atoms with Crippen LogP contribution >= 0.6 is 12.4 Å². The molecule has 2 rings (SSSR count). The maximum absolute atomic E-state index is 12.0. The van der Waals surface area contributed by atoms with Gasteiger partial charge in [0.2, 0.25) is 15.9 Å². The van der Waals surface area contributed by atoms with Crippen molar-refractivity contribution < 1.29 is 13.2 Å². The monoisotopic (exact) mass is 375 g/mol. The number of nitrogens with zero attached hydrogens (tertiary/aromatic N) is 1. The molecule has 1 aliphatic rings. The van der Waals surface area contributed by atoms with Gasteiger partial charge < -0.3 is 11.1 Å². The van der Waals surface area contributed by atoms with E-state index in [2.05, 4.69) is 5.32 Å². The molecule has 8 heteroatoms. The first-order valence-corrected chi connectivity index (χ1v) is 9.28. The number of carbonyl (C=O) groups excluding carboxylic acids is 1. The predicted octanol–water partition coefficient (Wildman–Crippen LogP) is 1.49. The van der Waals surface area contributed by atoms with E-state index in [4.69, 9.17) is 5.73 Å². The van der Waals surface area contributed by atoms with Crippen molar-refractivity contribution in [3.05, 3.63) is 29.8 Å². The van der Waals surface area contributed by atoms with Crippen molar-refractivity contribution in [2.45, 2.75) is 43.2 Å². The van der Waals surface area contributed by atoms with E-state index >= 15 is 0 Å². The van der Waals surface area contributed by atoms with E-state index in [1.54, 1.807) is 24.3 Å². The second kappa shape index (κ2) is 8.80. The van der Waals surface area contributed by atoms with Gasteiger partial charge in [-0.2, -0.15) is 0 Å². The Morgan fingerprint density at radius 2 is 1.88 bits per heavy atom. The van der Waals surface area contributed by atoms with Gasteiger partial charge >= 0.3 is 0 Å². The van der Waals surface area contributed by atoms with Gasteiger partial charge in [-0.05, 0) is 36.5 Å². The standard InChI is InChI=1S/C16H25N3O3S.ClH/c1-19(2)23(21,22)14-8-6-12(7-9-14)11-18-16(20)10-13-4-3-5-15(13)17;/h6-9,13,15H,3-5,10-11,17H2,1-2H3,(H,18,20);1H/t13-,15+;/m0./s1. The highest BCUT2D eigenvalue weighted by Crippen LogP contribution is 2.26. The van der Waals surface area contributed by atoms with E-state index in [0.717, 1.165) is 24.8 Å². The summed E-state index contributed by atoms with van der Waals surface area (Å²) >= 11 is 0. The van der Waals surface area contributed by atoms with Crippen LogP contribution in [-0.4, -0.2) is 38.8 Å². The molecule has 0 spiro atoms. The van der Waals surface area contributed by atoms with E-state index in [9.17, 15) is 13.2 Å². The number of benzene rings is 1. The third kappa shape index (κ3) is 5.17. The molecule has 3 N–H and O–H groups in total. The molecule has 24 heavy (non-hydrogen) atoms. The minimum atomic E-state index is -3.41. The topological polar surface area (TPSA) is 92.5 Å². The molecule has 1 fully saturated rings. The first-order chi connectivity index (χ1) is 10.8. The number of hydrogen-bond donors (Lipinski definition) is 2. The number of rotatable bonds is 6. The summed E-state index contributed by atoms with van der Waals surface area (Å²) in [6.45, 7) is 0.392. The minimum Gasteiger partial charge on any atom is -0.352 e. The van der Waals surface area contributed by atoms with Gasteiger partial charge in [-0.3, -0.25) is 4.79 Å². The van der Waals surface area contributed by atoms with Crippen LogP contribution < -0.4 is 11.1 Å². The SMILES string of the molecule is CN(C)S(=O)(=O)c1ccc(CNC(=O)C[C@@H]2CCC[C@H]2N)cc1.Cl. The van der Waals surface area contributed by atoms with Crippen LogP contribution in [0.4, 0.5) is 0 Å². The lowest BCUT2D eigenvalue weighted by Gasteiger charge is -2.15. The van der Waals surface area contributed by atoms with Crippen molar-refractivity contribution in [2.24, 2.45) is 11.7 Å². The average molecular weight is 376 g/mol. The van der Waals surface area contributed by atoms with Gasteiger partial charge in [-0.15, -0.1) is 12.4 Å². The second-order valence-corrected chi connectivity index (χ2v) is 8.42. The zero-order valence-corrected chi connectivity index (χ0v) is 15.7. The molecule has 1 aliphatic carbocycles.